The quantitative estimate of drug-likeness (QED) is 0.486. The van der Waals surface area contributed by atoms with Crippen LogP contribution in [0.2, 0.25) is 0 Å². The van der Waals surface area contributed by atoms with Gasteiger partial charge in [-0.3, -0.25) is 4.79 Å². The zero-order valence-electron chi connectivity index (χ0n) is 13.2. The molecule has 1 aromatic heterocycles. The Morgan fingerprint density at radius 1 is 0.905 bits per heavy atom. The van der Waals surface area contributed by atoms with Gasteiger partial charge in [0.2, 0.25) is 0 Å². The topological polar surface area (TPSA) is 42.9 Å². The van der Waals surface area contributed by atoms with Gasteiger partial charge in [0, 0.05) is 17.0 Å². The van der Waals surface area contributed by atoms with Crippen molar-refractivity contribution in [2.75, 3.05) is 5.75 Å². The maximum absolute atomic E-state index is 12.4. The number of hydrogen-bond donors (Lipinski definition) is 0. The lowest BCUT2D eigenvalue weighted by atomic mass is 9.99. The Morgan fingerprint density at radius 3 is 2.10 bits per heavy atom. The first-order valence-electron chi connectivity index (χ1n) is 6.93. The Kier molecular flexibility index (Phi) is 4.78. The summed E-state index contributed by atoms with van der Waals surface area (Å²) in [5.74, 6) is 0.495. The van der Waals surface area contributed by atoms with Gasteiger partial charge in [-0.15, -0.1) is 0 Å². The number of aromatic nitrogens is 2. The van der Waals surface area contributed by atoms with Crippen LogP contribution in [0.4, 0.5) is 0 Å². The first-order chi connectivity index (χ1) is 9.86. The molecule has 2 aromatic rings. The lowest BCUT2D eigenvalue weighted by Crippen LogP contribution is -2.07. The van der Waals surface area contributed by atoms with E-state index in [1.807, 2.05) is 39.8 Å². The summed E-state index contributed by atoms with van der Waals surface area (Å²) in [4.78, 5) is 21.1. The van der Waals surface area contributed by atoms with E-state index >= 15 is 0 Å². The molecule has 0 unspecified atom stereocenters. The average Bonchev–Trinajstić information content (AvgIpc) is 2.39. The van der Waals surface area contributed by atoms with E-state index in [0.29, 0.717) is 10.9 Å². The summed E-state index contributed by atoms with van der Waals surface area (Å²) in [6.07, 6.45) is 0. The molecule has 0 radical (unpaired) electrons. The number of rotatable bonds is 4. The number of carbonyl (C=O) groups excluding carboxylic acids is 1. The van der Waals surface area contributed by atoms with Crippen LogP contribution in [0.3, 0.4) is 0 Å². The van der Waals surface area contributed by atoms with Gasteiger partial charge in [0.1, 0.15) is 0 Å². The van der Waals surface area contributed by atoms with E-state index in [1.165, 1.54) is 17.3 Å². The lowest BCUT2D eigenvalue weighted by Gasteiger charge is -2.09. The summed E-state index contributed by atoms with van der Waals surface area (Å²) in [5, 5.41) is 0.669. The predicted molar refractivity (Wildman–Crippen MR) is 87.2 cm³/mol. The van der Waals surface area contributed by atoms with E-state index < -0.39 is 0 Å². The van der Waals surface area contributed by atoms with Crippen molar-refractivity contribution in [3.8, 4) is 0 Å². The minimum absolute atomic E-state index is 0.128. The number of thioether (sulfide) groups is 1. The van der Waals surface area contributed by atoms with Crippen LogP contribution in [-0.4, -0.2) is 21.5 Å². The number of ketones is 1. The van der Waals surface area contributed by atoms with Gasteiger partial charge in [-0.05, 0) is 63.4 Å². The van der Waals surface area contributed by atoms with Crippen molar-refractivity contribution in [2.45, 2.75) is 39.8 Å². The molecule has 0 N–H and O–H groups in total. The van der Waals surface area contributed by atoms with Crippen LogP contribution in [-0.2, 0) is 0 Å². The Hall–Kier alpha value is -1.68. The van der Waals surface area contributed by atoms with E-state index in [9.17, 15) is 4.79 Å². The largest absolute Gasteiger partial charge is 0.293 e. The highest BCUT2D eigenvalue weighted by Crippen LogP contribution is 2.20. The molecule has 21 heavy (non-hydrogen) atoms. The first kappa shape index (κ1) is 15.7. The van der Waals surface area contributed by atoms with Crippen molar-refractivity contribution in [1.82, 2.24) is 9.97 Å². The molecule has 1 heterocycles. The molecule has 2 rings (SSSR count). The zero-order valence-corrected chi connectivity index (χ0v) is 14.0. The third-order valence-electron chi connectivity index (χ3n) is 3.44. The van der Waals surface area contributed by atoms with Crippen LogP contribution < -0.4 is 0 Å². The molecule has 0 saturated heterocycles. The molecular weight excluding hydrogens is 280 g/mol. The van der Waals surface area contributed by atoms with Crippen LogP contribution in [0.1, 0.15) is 38.4 Å². The predicted octanol–water partition coefficient (Wildman–Crippen LogP) is 3.99. The van der Waals surface area contributed by atoms with E-state index in [-0.39, 0.29) is 5.78 Å². The third-order valence-corrected chi connectivity index (χ3v) is 4.28. The van der Waals surface area contributed by atoms with Crippen LogP contribution in [0.5, 0.6) is 0 Å². The van der Waals surface area contributed by atoms with E-state index in [4.69, 9.17) is 0 Å². The van der Waals surface area contributed by atoms with Crippen LogP contribution >= 0.6 is 11.8 Å². The molecule has 0 fully saturated rings. The summed E-state index contributed by atoms with van der Waals surface area (Å²) >= 11 is 1.40. The summed E-state index contributed by atoms with van der Waals surface area (Å²) in [6, 6.07) is 5.98. The Morgan fingerprint density at radius 2 is 1.48 bits per heavy atom. The normalized spacial score (nSPS) is 10.7. The second kappa shape index (κ2) is 6.39. The Labute approximate surface area is 130 Å². The van der Waals surface area contributed by atoms with E-state index in [0.717, 1.165) is 28.1 Å². The van der Waals surface area contributed by atoms with Crippen LogP contribution in [0.15, 0.2) is 23.4 Å². The van der Waals surface area contributed by atoms with Gasteiger partial charge < -0.3 is 0 Å². The second-order valence-corrected chi connectivity index (χ2v) is 6.34. The van der Waals surface area contributed by atoms with Gasteiger partial charge in [-0.1, -0.05) is 17.8 Å². The standard InChI is InChI=1S/C17H20N2OS/c1-10-6-12(3)15(7-11(10)2)16(20)9-21-17-18-13(4)8-14(5)19-17/h6-8H,9H2,1-5H3. The van der Waals surface area contributed by atoms with Crippen molar-refractivity contribution in [1.29, 1.82) is 0 Å². The highest BCUT2D eigenvalue weighted by atomic mass is 32.2. The number of aryl methyl sites for hydroxylation is 5. The van der Waals surface area contributed by atoms with Crippen molar-refractivity contribution in [2.24, 2.45) is 0 Å². The summed E-state index contributed by atoms with van der Waals surface area (Å²) in [7, 11) is 0. The molecule has 0 amide bonds. The van der Waals surface area contributed by atoms with Crippen LogP contribution in [0, 0.1) is 34.6 Å². The monoisotopic (exact) mass is 300 g/mol. The lowest BCUT2D eigenvalue weighted by molar-refractivity contribution is 0.102. The fraction of sp³-hybridized carbons (Fsp3) is 0.353. The third kappa shape index (κ3) is 3.91. The minimum atomic E-state index is 0.128. The van der Waals surface area contributed by atoms with Crippen molar-refractivity contribution in [3.63, 3.8) is 0 Å². The fourth-order valence-corrected chi connectivity index (χ4v) is 3.06. The molecule has 3 nitrogen and oxygen atoms in total. The Balaban J connectivity index is 2.13. The van der Waals surface area contributed by atoms with E-state index in [2.05, 4.69) is 23.0 Å². The van der Waals surface area contributed by atoms with Crippen molar-refractivity contribution >= 4 is 17.5 Å². The van der Waals surface area contributed by atoms with Gasteiger partial charge in [0.25, 0.3) is 0 Å². The molecule has 4 heteroatoms. The second-order valence-electron chi connectivity index (χ2n) is 5.40. The van der Waals surface area contributed by atoms with Crippen molar-refractivity contribution in [3.05, 3.63) is 51.8 Å². The minimum Gasteiger partial charge on any atom is -0.293 e. The van der Waals surface area contributed by atoms with Gasteiger partial charge in [-0.25, -0.2) is 9.97 Å². The SMILES string of the molecule is Cc1cc(C)nc(SCC(=O)c2cc(C)c(C)cc2C)n1. The molecular formula is C17H20N2OS. The van der Waals surface area contributed by atoms with Gasteiger partial charge >= 0.3 is 0 Å². The summed E-state index contributed by atoms with van der Waals surface area (Å²) < 4.78 is 0. The number of benzene rings is 1. The molecule has 110 valence electrons. The molecule has 0 bridgehead atoms. The van der Waals surface area contributed by atoms with Crippen LogP contribution in [0.25, 0.3) is 0 Å². The first-order valence-corrected chi connectivity index (χ1v) is 7.91. The number of nitrogens with zero attached hydrogens (tertiary/aromatic N) is 2. The summed E-state index contributed by atoms with van der Waals surface area (Å²) in [5.41, 5.74) is 6.06. The molecule has 0 aliphatic rings. The smallest absolute Gasteiger partial charge is 0.188 e. The number of hydrogen-bond acceptors (Lipinski definition) is 4. The maximum Gasteiger partial charge on any atom is 0.188 e. The molecule has 0 spiro atoms. The van der Waals surface area contributed by atoms with Crippen molar-refractivity contribution < 1.29 is 4.79 Å². The highest BCUT2D eigenvalue weighted by Gasteiger charge is 2.12. The fourth-order valence-electron chi connectivity index (χ4n) is 2.23. The summed E-state index contributed by atoms with van der Waals surface area (Å²) in [6.45, 7) is 9.96. The zero-order chi connectivity index (χ0) is 15.6. The molecule has 0 atom stereocenters. The number of Topliss-reactive ketones (excluding diaryl/α,β-unsaturated/α-hetero) is 1. The Bertz CT molecular complexity index is 675. The molecule has 1 aromatic carbocycles. The molecule has 0 aliphatic carbocycles. The van der Waals surface area contributed by atoms with Gasteiger partial charge in [-0.2, -0.15) is 0 Å². The van der Waals surface area contributed by atoms with Gasteiger partial charge in [0.05, 0.1) is 5.75 Å². The molecule has 0 saturated carbocycles. The average molecular weight is 300 g/mol. The van der Waals surface area contributed by atoms with Gasteiger partial charge in [0.15, 0.2) is 10.9 Å². The maximum atomic E-state index is 12.4. The number of carbonyl (C=O) groups is 1. The van der Waals surface area contributed by atoms with E-state index in [1.54, 1.807) is 0 Å². The molecule has 0 aliphatic heterocycles. The highest BCUT2D eigenvalue weighted by molar-refractivity contribution is 7.99.